The van der Waals surface area contributed by atoms with Crippen molar-refractivity contribution in [3.63, 3.8) is 0 Å². The Balaban J connectivity index is 2.58. The predicted molar refractivity (Wildman–Crippen MR) is 70.6 cm³/mol. The van der Waals surface area contributed by atoms with Gasteiger partial charge in [-0.3, -0.25) is 0 Å². The van der Waals surface area contributed by atoms with Gasteiger partial charge in [0, 0.05) is 16.4 Å². The number of aromatic nitrogens is 1. The molecule has 0 saturated heterocycles. The van der Waals surface area contributed by atoms with E-state index in [-0.39, 0.29) is 0 Å². The van der Waals surface area contributed by atoms with Crippen molar-refractivity contribution < 1.29 is 8.42 Å². The lowest BCUT2D eigenvalue weighted by Gasteiger charge is -2.08. The molecular weight excluding hydrogens is 302 g/mol. The van der Waals surface area contributed by atoms with Crippen LogP contribution in [0.15, 0.2) is 45.9 Å². The zero-order chi connectivity index (χ0) is 12.6. The molecule has 0 aliphatic heterocycles. The lowest BCUT2D eigenvalue weighted by molar-refractivity contribution is 0.586. The second-order valence-electron chi connectivity index (χ2n) is 3.86. The third kappa shape index (κ3) is 2.17. The van der Waals surface area contributed by atoms with Crippen LogP contribution < -0.4 is 0 Å². The number of hydrogen-bond acceptors (Lipinski definition) is 2. The number of hydrogen-bond donors (Lipinski definition) is 0. The van der Waals surface area contributed by atoms with Crippen LogP contribution in [-0.2, 0) is 10.0 Å². The Morgan fingerprint density at radius 1 is 1.06 bits per heavy atom. The summed E-state index contributed by atoms with van der Waals surface area (Å²) in [6.45, 7) is 3.68. The average molecular weight is 314 g/mol. The van der Waals surface area contributed by atoms with E-state index in [1.54, 1.807) is 43.5 Å². The van der Waals surface area contributed by atoms with Gasteiger partial charge < -0.3 is 0 Å². The molecule has 3 nitrogen and oxygen atoms in total. The minimum absolute atomic E-state index is 0.300. The zero-order valence-corrected chi connectivity index (χ0v) is 11.9. The van der Waals surface area contributed by atoms with E-state index in [2.05, 4.69) is 15.9 Å². The number of benzene rings is 1. The monoisotopic (exact) mass is 313 g/mol. The molecule has 0 spiro atoms. The van der Waals surface area contributed by atoms with Crippen molar-refractivity contribution in [2.24, 2.45) is 0 Å². The first kappa shape index (κ1) is 12.4. The Hall–Kier alpha value is -1.07. The van der Waals surface area contributed by atoms with E-state index in [9.17, 15) is 8.42 Å². The standard InChI is InChI=1S/C12H12BrNO2S/c1-9-3-5-11(6-4-9)17(15,16)14-8-7-12(13)10(14)2/h3-8H,1-2H3. The largest absolute Gasteiger partial charge is 0.267 e. The molecule has 0 aliphatic rings. The highest BCUT2D eigenvalue weighted by molar-refractivity contribution is 9.10. The van der Waals surface area contributed by atoms with Crippen LogP contribution in [0.3, 0.4) is 0 Å². The number of rotatable bonds is 2. The molecule has 90 valence electrons. The van der Waals surface area contributed by atoms with Crippen molar-refractivity contribution in [2.45, 2.75) is 18.7 Å². The number of nitrogens with zero attached hydrogens (tertiary/aromatic N) is 1. The maximum absolute atomic E-state index is 12.3. The first-order valence-electron chi connectivity index (χ1n) is 5.08. The van der Waals surface area contributed by atoms with Gasteiger partial charge in [0.05, 0.1) is 4.90 Å². The molecule has 5 heteroatoms. The second-order valence-corrected chi connectivity index (χ2v) is 6.53. The van der Waals surface area contributed by atoms with Gasteiger partial charge in [-0.05, 0) is 48.0 Å². The van der Waals surface area contributed by atoms with Gasteiger partial charge in [0.1, 0.15) is 0 Å². The molecule has 17 heavy (non-hydrogen) atoms. The van der Waals surface area contributed by atoms with Crippen LogP contribution in [0.4, 0.5) is 0 Å². The van der Waals surface area contributed by atoms with Crippen LogP contribution in [0.1, 0.15) is 11.3 Å². The van der Waals surface area contributed by atoms with E-state index in [1.165, 1.54) is 3.97 Å². The Labute approximate surface area is 109 Å². The summed E-state index contributed by atoms with van der Waals surface area (Å²) in [6.07, 6.45) is 1.55. The van der Waals surface area contributed by atoms with Gasteiger partial charge in [0.25, 0.3) is 10.0 Å². The van der Waals surface area contributed by atoms with Crippen molar-refractivity contribution in [1.82, 2.24) is 3.97 Å². The maximum Gasteiger partial charge on any atom is 0.267 e. The highest BCUT2D eigenvalue weighted by Crippen LogP contribution is 2.22. The summed E-state index contributed by atoms with van der Waals surface area (Å²) in [5.41, 5.74) is 1.71. The Morgan fingerprint density at radius 2 is 1.65 bits per heavy atom. The molecule has 0 N–H and O–H groups in total. The Kier molecular flexibility index (Phi) is 3.14. The SMILES string of the molecule is Cc1ccc(S(=O)(=O)n2ccc(Br)c2C)cc1. The molecular formula is C12H12BrNO2S. The lowest BCUT2D eigenvalue weighted by atomic mass is 10.2. The molecule has 1 aromatic heterocycles. The fraction of sp³-hybridized carbons (Fsp3) is 0.167. The smallest absolute Gasteiger partial charge is 0.245 e. The minimum atomic E-state index is -3.48. The first-order chi connectivity index (χ1) is 7.93. The van der Waals surface area contributed by atoms with Crippen LogP contribution in [0.5, 0.6) is 0 Å². The van der Waals surface area contributed by atoms with Crippen LogP contribution in [0, 0.1) is 13.8 Å². The summed E-state index contributed by atoms with van der Waals surface area (Å²) in [5, 5.41) is 0. The van der Waals surface area contributed by atoms with Crippen molar-refractivity contribution in [3.05, 3.63) is 52.3 Å². The van der Waals surface area contributed by atoms with Crippen LogP contribution in [-0.4, -0.2) is 12.4 Å². The van der Waals surface area contributed by atoms with Crippen LogP contribution >= 0.6 is 15.9 Å². The molecule has 1 aromatic carbocycles. The third-order valence-corrected chi connectivity index (χ3v) is 5.23. The van der Waals surface area contributed by atoms with Crippen molar-refractivity contribution in [1.29, 1.82) is 0 Å². The van der Waals surface area contributed by atoms with E-state index in [4.69, 9.17) is 0 Å². The number of halogens is 1. The molecule has 0 aliphatic carbocycles. The van der Waals surface area contributed by atoms with Gasteiger partial charge in [0.15, 0.2) is 0 Å². The second kappa shape index (κ2) is 4.31. The first-order valence-corrected chi connectivity index (χ1v) is 7.32. The average Bonchev–Trinajstić information content (AvgIpc) is 2.61. The van der Waals surface area contributed by atoms with Gasteiger partial charge in [-0.1, -0.05) is 17.7 Å². The number of aryl methyl sites for hydroxylation is 1. The van der Waals surface area contributed by atoms with E-state index in [1.807, 2.05) is 6.92 Å². The molecule has 0 bridgehead atoms. The highest BCUT2D eigenvalue weighted by Gasteiger charge is 2.18. The molecule has 0 amide bonds. The molecule has 2 rings (SSSR count). The molecule has 1 heterocycles. The summed E-state index contributed by atoms with van der Waals surface area (Å²) in [6, 6.07) is 8.55. The van der Waals surface area contributed by atoms with Crippen molar-refractivity contribution in [2.75, 3.05) is 0 Å². The maximum atomic E-state index is 12.3. The normalized spacial score (nSPS) is 11.7. The molecule has 2 aromatic rings. The van der Waals surface area contributed by atoms with E-state index in [0.29, 0.717) is 10.6 Å². The van der Waals surface area contributed by atoms with Crippen molar-refractivity contribution in [3.8, 4) is 0 Å². The van der Waals surface area contributed by atoms with E-state index < -0.39 is 10.0 Å². The Bertz CT molecular complexity index is 642. The fourth-order valence-electron chi connectivity index (χ4n) is 1.55. The lowest BCUT2D eigenvalue weighted by Crippen LogP contribution is -2.13. The third-order valence-electron chi connectivity index (χ3n) is 2.61. The Morgan fingerprint density at radius 3 is 2.12 bits per heavy atom. The fourth-order valence-corrected chi connectivity index (χ4v) is 3.37. The van der Waals surface area contributed by atoms with E-state index >= 15 is 0 Å². The summed E-state index contributed by atoms with van der Waals surface area (Å²) in [7, 11) is -3.48. The summed E-state index contributed by atoms with van der Waals surface area (Å²) in [4.78, 5) is 0.300. The summed E-state index contributed by atoms with van der Waals surface area (Å²) >= 11 is 3.31. The van der Waals surface area contributed by atoms with Crippen LogP contribution in [0.25, 0.3) is 0 Å². The topological polar surface area (TPSA) is 39.1 Å². The van der Waals surface area contributed by atoms with Gasteiger partial charge in [-0.25, -0.2) is 12.4 Å². The summed E-state index contributed by atoms with van der Waals surface area (Å²) < 4.78 is 26.7. The highest BCUT2D eigenvalue weighted by atomic mass is 79.9. The molecule has 0 fully saturated rings. The van der Waals surface area contributed by atoms with Crippen LogP contribution in [0.2, 0.25) is 0 Å². The zero-order valence-electron chi connectivity index (χ0n) is 9.51. The van der Waals surface area contributed by atoms with Gasteiger partial charge in [-0.15, -0.1) is 0 Å². The predicted octanol–water partition coefficient (Wildman–Crippen LogP) is 3.10. The molecule has 0 saturated carbocycles. The summed E-state index contributed by atoms with van der Waals surface area (Å²) in [5.74, 6) is 0. The van der Waals surface area contributed by atoms with Crippen molar-refractivity contribution >= 4 is 26.0 Å². The molecule has 0 radical (unpaired) electrons. The van der Waals surface area contributed by atoms with Gasteiger partial charge >= 0.3 is 0 Å². The minimum Gasteiger partial charge on any atom is -0.245 e. The quantitative estimate of drug-likeness (QED) is 0.854. The molecule has 0 unspecified atom stereocenters. The van der Waals surface area contributed by atoms with Gasteiger partial charge in [-0.2, -0.15) is 0 Å². The molecule has 0 atom stereocenters. The van der Waals surface area contributed by atoms with Gasteiger partial charge in [0.2, 0.25) is 0 Å². The van der Waals surface area contributed by atoms with E-state index in [0.717, 1.165) is 10.0 Å².